The second kappa shape index (κ2) is 6.45. The zero-order chi connectivity index (χ0) is 16.4. The van der Waals surface area contributed by atoms with E-state index in [1.165, 1.54) is 11.1 Å². The van der Waals surface area contributed by atoms with Gasteiger partial charge in [0.25, 0.3) is 0 Å². The van der Waals surface area contributed by atoms with Gasteiger partial charge in [-0.15, -0.1) is 0 Å². The van der Waals surface area contributed by atoms with Crippen LogP contribution in [0.4, 0.5) is 0 Å². The first-order valence-corrected chi connectivity index (χ1v) is 8.14. The van der Waals surface area contributed by atoms with E-state index in [2.05, 4.69) is 24.3 Å². The predicted molar refractivity (Wildman–Crippen MR) is 91.5 cm³/mol. The highest BCUT2D eigenvalue weighted by Crippen LogP contribution is 2.37. The molecule has 0 N–H and O–H groups in total. The van der Waals surface area contributed by atoms with Crippen molar-refractivity contribution in [2.24, 2.45) is 5.92 Å². The minimum Gasteiger partial charge on any atom is -0.497 e. The Hall–Kier alpha value is -2.29. The van der Waals surface area contributed by atoms with Crippen LogP contribution in [0.2, 0.25) is 0 Å². The Bertz CT molecular complexity index is 694. The minimum absolute atomic E-state index is 0.00614. The molecule has 23 heavy (non-hydrogen) atoms. The van der Waals surface area contributed by atoms with Crippen LogP contribution >= 0.6 is 0 Å². The maximum absolute atomic E-state index is 12.7. The van der Waals surface area contributed by atoms with Crippen LogP contribution in [0.3, 0.4) is 0 Å². The molecule has 1 atom stereocenters. The van der Waals surface area contributed by atoms with Gasteiger partial charge >= 0.3 is 0 Å². The van der Waals surface area contributed by atoms with Crippen molar-refractivity contribution in [2.75, 3.05) is 13.7 Å². The lowest BCUT2D eigenvalue weighted by Crippen LogP contribution is -2.42. The molecule has 1 unspecified atom stereocenters. The molecule has 0 bridgehead atoms. The number of ether oxygens (including phenoxy) is 1. The SMILES string of the molecule is COc1ccc2c(c1)C(c1ccccc1)N(C(=O)C(C)C)CC2. The highest BCUT2D eigenvalue weighted by Gasteiger charge is 2.33. The summed E-state index contributed by atoms with van der Waals surface area (Å²) in [4.78, 5) is 14.8. The lowest BCUT2D eigenvalue weighted by Gasteiger charge is -2.39. The normalized spacial score (nSPS) is 17.0. The van der Waals surface area contributed by atoms with Crippen molar-refractivity contribution < 1.29 is 9.53 Å². The Balaban J connectivity index is 2.12. The Morgan fingerprint density at radius 1 is 1.17 bits per heavy atom. The number of benzene rings is 2. The van der Waals surface area contributed by atoms with Gasteiger partial charge in [0, 0.05) is 12.5 Å². The highest BCUT2D eigenvalue weighted by molar-refractivity contribution is 5.79. The summed E-state index contributed by atoms with van der Waals surface area (Å²) in [5, 5.41) is 0. The van der Waals surface area contributed by atoms with E-state index >= 15 is 0 Å². The third-order valence-corrected chi connectivity index (χ3v) is 4.47. The van der Waals surface area contributed by atoms with E-state index < -0.39 is 0 Å². The summed E-state index contributed by atoms with van der Waals surface area (Å²) < 4.78 is 5.40. The monoisotopic (exact) mass is 309 g/mol. The van der Waals surface area contributed by atoms with E-state index in [0.717, 1.165) is 24.3 Å². The summed E-state index contributed by atoms with van der Waals surface area (Å²) in [6, 6.07) is 16.4. The van der Waals surface area contributed by atoms with Crippen LogP contribution in [-0.2, 0) is 11.2 Å². The van der Waals surface area contributed by atoms with E-state index in [1.807, 2.05) is 43.0 Å². The second-order valence-electron chi connectivity index (χ2n) is 6.31. The number of hydrogen-bond donors (Lipinski definition) is 0. The topological polar surface area (TPSA) is 29.5 Å². The lowest BCUT2D eigenvalue weighted by molar-refractivity contribution is -0.136. The maximum Gasteiger partial charge on any atom is 0.225 e. The van der Waals surface area contributed by atoms with Crippen molar-refractivity contribution in [3.05, 3.63) is 65.2 Å². The molecule has 0 saturated carbocycles. The largest absolute Gasteiger partial charge is 0.497 e. The number of methoxy groups -OCH3 is 1. The van der Waals surface area contributed by atoms with Crippen LogP contribution < -0.4 is 4.74 Å². The molecule has 3 rings (SSSR count). The van der Waals surface area contributed by atoms with Gasteiger partial charge in [-0.3, -0.25) is 4.79 Å². The van der Waals surface area contributed by atoms with E-state index in [1.54, 1.807) is 7.11 Å². The van der Waals surface area contributed by atoms with Crippen LogP contribution in [0, 0.1) is 5.92 Å². The molecule has 0 saturated heterocycles. The molecule has 0 spiro atoms. The Labute approximate surface area is 137 Å². The molecular formula is C20H23NO2. The third-order valence-electron chi connectivity index (χ3n) is 4.47. The van der Waals surface area contributed by atoms with Crippen molar-refractivity contribution in [2.45, 2.75) is 26.3 Å². The smallest absolute Gasteiger partial charge is 0.225 e. The molecule has 0 aliphatic carbocycles. The van der Waals surface area contributed by atoms with Crippen molar-refractivity contribution in [1.29, 1.82) is 0 Å². The van der Waals surface area contributed by atoms with Crippen LogP contribution in [0.1, 0.15) is 36.6 Å². The first-order chi connectivity index (χ1) is 11.1. The molecule has 0 fully saturated rings. The molecule has 120 valence electrons. The van der Waals surface area contributed by atoms with Crippen molar-refractivity contribution >= 4 is 5.91 Å². The van der Waals surface area contributed by atoms with E-state index in [9.17, 15) is 4.79 Å². The Morgan fingerprint density at radius 2 is 1.91 bits per heavy atom. The van der Waals surface area contributed by atoms with Gasteiger partial charge in [0.1, 0.15) is 5.75 Å². The Kier molecular flexibility index (Phi) is 4.37. The van der Waals surface area contributed by atoms with Crippen LogP contribution in [-0.4, -0.2) is 24.5 Å². The lowest BCUT2D eigenvalue weighted by atomic mass is 9.87. The molecule has 2 aromatic carbocycles. The summed E-state index contributed by atoms with van der Waals surface area (Å²) in [5.74, 6) is 1.03. The molecule has 1 aliphatic rings. The van der Waals surface area contributed by atoms with Crippen molar-refractivity contribution in [1.82, 2.24) is 4.90 Å². The number of amides is 1. The molecule has 0 aromatic heterocycles. The Morgan fingerprint density at radius 3 is 2.57 bits per heavy atom. The van der Waals surface area contributed by atoms with Gasteiger partial charge in [-0.25, -0.2) is 0 Å². The van der Waals surface area contributed by atoms with Crippen LogP contribution in [0.5, 0.6) is 5.75 Å². The number of carbonyl (C=O) groups is 1. The van der Waals surface area contributed by atoms with Gasteiger partial charge in [0.2, 0.25) is 5.91 Å². The molecule has 2 aromatic rings. The summed E-state index contributed by atoms with van der Waals surface area (Å²) >= 11 is 0. The molecule has 1 aliphatic heterocycles. The van der Waals surface area contributed by atoms with E-state index in [-0.39, 0.29) is 17.9 Å². The average Bonchev–Trinajstić information content (AvgIpc) is 2.60. The van der Waals surface area contributed by atoms with Crippen molar-refractivity contribution in [3.8, 4) is 5.75 Å². The van der Waals surface area contributed by atoms with E-state index in [4.69, 9.17) is 4.74 Å². The number of hydrogen-bond acceptors (Lipinski definition) is 2. The fraction of sp³-hybridized carbons (Fsp3) is 0.350. The first kappa shape index (κ1) is 15.6. The highest BCUT2D eigenvalue weighted by atomic mass is 16.5. The van der Waals surface area contributed by atoms with Gasteiger partial charge in [0.15, 0.2) is 0 Å². The van der Waals surface area contributed by atoms with Gasteiger partial charge in [-0.2, -0.15) is 0 Å². The predicted octanol–water partition coefficient (Wildman–Crippen LogP) is 3.83. The number of nitrogens with zero attached hydrogens (tertiary/aromatic N) is 1. The van der Waals surface area contributed by atoms with Gasteiger partial charge < -0.3 is 9.64 Å². The molecule has 1 heterocycles. The van der Waals surface area contributed by atoms with Gasteiger partial charge in [0.05, 0.1) is 13.2 Å². The van der Waals surface area contributed by atoms with Gasteiger partial charge in [-0.1, -0.05) is 50.2 Å². The molecular weight excluding hydrogens is 286 g/mol. The molecule has 0 radical (unpaired) electrons. The van der Waals surface area contributed by atoms with Gasteiger partial charge in [-0.05, 0) is 35.2 Å². The van der Waals surface area contributed by atoms with E-state index in [0.29, 0.717) is 0 Å². The zero-order valence-corrected chi connectivity index (χ0v) is 14.0. The standard InChI is InChI=1S/C20H23NO2/c1-14(2)20(22)21-12-11-15-9-10-17(23-3)13-18(15)19(21)16-7-5-4-6-8-16/h4-10,13-14,19H,11-12H2,1-3H3. The maximum atomic E-state index is 12.7. The fourth-order valence-corrected chi connectivity index (χ4v) is 3.28. The molecule has 3 heteroatoms. The average molecular weight is 309 g/mol. The number of fused-ring (bicyclic) bond motifs is 1. The van der Waals surface area contributed by atoms with Crippen LogP contribution in [0.25, 0.3) is 0 Å². The second-order valence-corrected chi connectivity index (χ2v) is 6.31. The van der Waals surface area contributed by atoms with Crippen molar-refractivity contribution in [3.63, 3.8) is 0 Å². The molecule has 3 nitrogen and oxygen atoms in total. The first-order valence-electron chi connectivity index (χ1n) is 8.14. The summed E-state index contributed by atoms with van der Waals surface area (Å²) in [6.45, 7) is 4.69. The molecule has 1 amide bonds. The fourth-order valence-electron chi connectivity index (χ4n) is 3.28. The zero-order valence-electron chi connectivity index (χ0n) is 14.0. The number of carbonyl (C=O) groups excluding carboxylic acids is 1. The number of rotatable bonds is 3. The summed E-state index contributed by atoms with van der Waals surface area (Å²) in [5.41, 5.74) is 3.62. The third kappa shape index (κ3) is 2.96. The summed E-state index contributed by atoms with van der Waals surface area (Å²) in [6.07, 6.45) is 0.890. The van der Waals surface area contributed by atoms with Crippen LogP contribution in [0.15, 0.2) is 48.5 Å². The summed E-state index contributed by atoms with van der Waals surface area (Å²) in [7, 11) is 1.68. The minimum atomic E-state index is -0.0371. The quantitative estimate of drug-likeness (QED) is 0.862.